The van der Waals surface area contributed by atoms with Crippen molar-refractivity contribution < 1.29 is 18.3 Å². The molecular formula is C6H6ClF3N2OS. The van der Waals surface area contributed by atoms with Crippen molar-refractivity contribution in [3.63, 3.8) is 0 Å². The van der Waals surface area contributed by atoms with Gasteiger partial charge in [-0.05, 0) is 0 Å². The van der Waals surface area contributed by atoms with Crippen LogP contribution < -0.4 is 5.32 Å². The van der Waals surface area contributed by atoms with Gasteiger partial charge in [-0.1, -0.05) is 11.6 Å². The number of thiazole rings is 1. The minimum atomic E-state index is -4.62. The molecule has 0 aliphatic rings. The fraction of sp³-hybridized carbons (Fsp3) is 0.500. The number of aliphatic hydroxyl groups excluding tert-OH is 1. The van der Waals surface area contributed by atoms with E-state index in [1.165, 1.54) is 5.38 Å². The molecule has 0 spiro atoms. The quantitative estimate of drug-likeness (QED) is 0.859. The Balaban J connectivity index is 2.41. The van der Waals surface area contributed by atoms with E-state index in [9.17, 15) is 13.2 Å². The van der Waals surface area contributed by atoms with Crippen molar-refractivity contribution in [1.82, 2.24) is 4.98 Å². The van der Waals surface area contributed by atoms with Gasteiger partial charge < -0.3 is 10.4 Å². The second-order valence-electron chi connectivity index (χ2n) is 2.42. The van der Waals surface area contributed by atoms with E-state index in [-0.39, 0.29) is 10.3 Å². The zero-order chi connectivity index (χ0) is 10.8. The summed E-state index contributed by atoms with van der Waals surface area (Å²) in [6.45, 7) is -0.635. The average molecular weight is 247 g/mol. The standard InChI is InChI=1S/C6H6ClF3N2OS/c7-5-12-4(2-14-5)11-1-3(13)6(8,9)10/h2-3,11,13H,1H2/t3-/m1/s1. The van der Waals surface area contributed by atoms with Crippen LogP contribution in [0.2, 0.25) is 4.47 Å². The normalized spacial score (nSPS) is 14.1. The van der Waals surface area contributed by atoms with E-state index in [4.69, 9.17) is 16.7 Å². The Morgan fingerprint density at radius 3 is 2.71 bits per heavy atom. The molecule has 8 heteroatoms. The highest BCUT2D eigenvalue weighted by Gasteiger charge is 2.37. The first-order chi connectivity index (χ1) is 6.39. The molecular weight excluding hydrogens is 241 g/mol. The Bertz CT molecular complexity index is 304. The summed E-state index contributed by atoms with van der Waals surface area (Å²) in [5, 5.41) is 12.4. The van der Waals surface area contributed by atoms with Crippen molar-refractivity contribution in [2.75, 3.05) is 11.9 Å². The number of alkyl halides is 3. The highest BCUT2D eigenvalue weighted by atomic mass is 35.5. The number of nitrogens with one attached hydrogen (secondary N) is 1. The van der Waals surface area contributed by atoms with Crippen molar-refractivity contribution in [3.05, 3.63) is 9.85 Å². The maximum atomic E-state index is 11.8. The van der Waals surface area contributed by atoms with E-state index >= 15 is 0 Å². The summed E-state index contributed by atoms with van der Waals surface area (Å²) in [4.78, 5) is 3.66. The molecule has 0 radical (unpaired) electrons. The lowest BCUT2D eigenvalue weighted by molar-refractivity contribution is -0.198. The largest absolute Gasteiger partial charge is 0.416 e. The van der Waals surface area contributed by atoms with Crippen molar-refractivity contribution >= 4 is 28.8 Å². The molecule has 80 valence electrons. The van der Waals surface area contributed by atoms with Crippen LogP contribution in [0.25, 0.3) is 0 Å². The molecule has 1 rings (SSSR count). The first-order valence-electron chi connectivity index (χ1n) is 3.49. The number of hydrogen-bond donors (Lipinski definition) is 2. The van der Waals surface area contributed by atoms with Gasteiger partial charge in [0.2, 0.25) is 0 Å². The molecule has 0 saturated carbocycles. The maximum absolute atomic E-state index is 11.8. The van der Waals surface area contributed by atoms with E-state index in [0.717, 1.165) is 11.3 Å². The van der Waals surface area contributed by atoms with E-state index < -0.39 is 18.8 Å². The Labute approximate surface area is 86.5 Å². The third kappa shape index (κ3) is 3.32. The van der Waals surface area contributed by atoms with E-state index in [1.54, 1.807) is 0 Å². The van der Waals surface area contributed by atoms with Crippen LogP contribution >= 0.6 is 22.9 Å². The van der Waals surface area contributed by atoms with Crippen LogP contribution in [0.5, 0.6) is 0 Å². The second kappa shape index (κ2) is 4.33. The van der Waals surface area contributed by atoms with Gasteiger partial charge in [0, 0.05) is 5.38 Å². The molecule has 0 aliphatic carbocycles. The van der Waals surface area contributed by atoms with Crippen molar-refractivity contribution in [2.45, 2.75) is 12.3 Å². The Morgan fingerprint density at radius 2 is 2.29 bits per heavy atom. The molecule has 0 unspecified atom stereocenters. The van der Waals surface area contributed by atoms with Gasteiger partial charge in [0.25, 0.3) is 0 Å². The molecule has 3 nitrogen and oxygen atoms in total. The summed E-state index contributed by atoms with van der Waals surface area (Å²) >= 11 is 6.54. The molecule has 0 amide bonds. The lowest BCUT2D eigenvalue weighted by atomic mass is 10.3. The average Bonchev–Trinajstić information content (AvgIpc) is 2.45. The number of halogens is 4. The van der Waals surface area contributed by atoms with Gasteiger partial charge in [0.1, 0.15) is 5.82 Å². The van der Waals surface area contributed by atoms with Gasteiger partial charge in [-0.3, -0.25) is 0 Å². The lowest BCUT2D eigenvalue weighted by Crippen LogP contribution is -2.35. The van der Waals surface area contributed by atoms with Crippen LogP contribution in [0, 0.1) is 0 Å². The van der Waals surface area contributed by atoms with Crippen LogP contribution in [-0.2, 0) is 0 Å². The zero-order valence-corrected chi connectivity index (χ0v) is 8.25. The van der Waals surface area contributed by atoms with Crippen molar-refractivity contribution in [3.8, 4) is 0 Å². The number of anilines is 1. The molecule has 2 N–H and O–H groups in total. The molecule has 1 aromatic rings. The molecule has 1 aromatic heterocycles. The van der Waals surface area contributed by atoms with Crippen LogP contribution in [-0.4, -0.2) is 28.9 Å². The SMILES string of the molecule is O[C@H](CNc1csc(Cl)n1)C(F)(F)F. The summed E-state index contributed by atoms with van der Waals surface area (Å²) in [6.07, 6.45) is -7.02. The number of aromatic nitrogens is 1. The van der Waals surface area contributed by atoms with E-state index in [2.05, 4.69) is 10.3 Å². The monoisotopic (exact) mass is 246 g/mol. The third-order valence-electron chi connectivity index (χ3n) is 1.33. The number of hydrogen-bond acceptors (Lipinski definition) is 4. The fourth-order valence-corrected chi connectivity index (χ4v) is 1.37. The summed E-state index contributed by atoms with van der Waals surface area (Å²) in [6, 6.07) is 0. The summed E-state index contributed by atoms with van der Waals surface area (Å²) in [5.41, 5.74) is 0. The lowest BCUT2D eigenvalue weighted by Gasteiger charge is -2.14. The van der Waals surface area contributed by atoms with E-state index in [0.29, 0.717) is 0 Å². The van der Waals surface area contributed by atoms with Crippen LogP contribution in [0.15, 0.2) is 5.38 Å². The maximum Gasteiger partial charge on any atom is 0.416 e. The Morgan fingerprint density at radius 1 is 1.64 bits per heavy atom. The summed E-state index contributed by atoms with van der Waals surface area (Å²) in [5.74, 6) is 0.225. The highest BCUT2D eigenvalue weighted by Crippen LogP contribution is 2.22. The third-order valence-corrected chi connectivity index (χ3v) is 2.31. The van der Waals surface area contributed by atoms with Crippen LogP contribution in [0.4, 0.5) is 19.0 Å². The molecule has 1 heterocycles. The summed E-state index contributed by atoms with van der Waals surface area (Å²) in [7, 11) is 0. The predicted molar refractivity (Wildman–Crippen MR) is 47.7 cm³/mol. The van der Waals surface area contributed by atoms with Gasteiger partial charge in [0.15, 0.2) is 10.6 Å². The number of nitrogens with zero attached hydrogens (tertiary/aromatic N) is 1. The number of rotatable bonds is 3. The van der Waals surface area contributed by atoms with Crippen molar-refractivity contribution in [1.29, 1.82) is 0 Å². The van der Waals surface area contributed by atoms with Crippen LogP contribution in [0.3, 0.4) is 0 Å². The van der Waals surface area contributed by atoms with Gasteiger partial charge in [-0.2, -0.15) is 13.2 Å². The van der Waals surface area contributed by atoms with Gasteiger partial charge in [0.05, 0.1) is 6.54 Å². The highest BCUT2D eigenvalue weighted by molar-refractivity contribution is 7.14. The zero-order valence-electron chi connectivity index (χ0n) is 6.68. The minimum Gasteiger partial charge on any atom is -0.382 e. The molecule has 0 bridgehead atoms. The Kier molecular flexibility index (Phi) is 3.57. The fourth-order valence-electron chi connectivity index (χ4n) is 0.650. The first-order valence-corrected chi connectivity index (χ1v) is 4.75. The molecule has 0 saturated heterocycles. The minimum absolute atomic E-state index is 0.225. The van der Waals surface area contributed by atoms with Gasteiger partial charge in [-0.15, -0.1) is 11.3 Å². The van der Waals surface area contributed by atoms with Gasteiger partial charge in [-0.25, -0.2) is 4.98 Å². The van der Waals surface area contributed by atoms with Crippen LogP contribution in [0.1, 0.15) is 0 Å². The predicted octanol–water partition coefficient (Wildman–Crippen LogP) is 2.13. The summed E-state index contributed by atoms with van der Waals surface area (Å²) < 4.78 is 35.7. The first kappa shape index (κ1) is 11.5. The molecule has 0 aromatic carbocycles. The molecule has 0 aliphatic heterocycles. The Hall–Kier alpha value is -0.530. The molecule has 14 heavy (non-hydrogen) atoms. The molecule has 1 atom stereocenters. The topological polar surface area (TPSA) is 45.1 Å². The molecule has 0 fully saturated rings. The van der Waals surface area contributed by atoms with Crippen molar-refractivity contribution in [2.24, 2.45) is 0 Å². The van der Waals surface area contributed by atoms with Gasteiger partial charge >= 0.3 is 6.18 Å². The van der Waals surface area contributed by atoms with E-state index in [1.807, 2.05) is 0 Å². The number of aliphatic hydroxyl groups is 1. The second-order valence-corrected chi connectivity index (χ2v) is 3.86. The smallest absolute Gasteiger partial charge is 0.382 e.